The van der Waals surface area contributed by atoms with Crippen molar-refractivity contribution in [3.63, 3.8) is 0 Å². The van der Waals surface area contributed by atoms with Crippen molar-refractivity contribution in [3.05, 3.63) is 29.3 Å². The number of benzene rings is 1. The molecule has 0 saturated heterocycles. The predicted octanol–water partition coefficient (Wildman–Crippen LogP) is 2.15. The van der Waals surface area contributed by atoms with Gasteiger partial charge in [-0.3, -0.25) is 10.6 Å². The number of nitrogens with one attached hydrogen (secondary N) is 1. The molecule has 1 aliphatic rings. The van der Waals surface area contributed by atoms with Crippen LogP contribution in [-0.4, -0.2) is 23.9 Å². The van der Waals surface area contributed by atoms with Crippen molar-refractivity contribution in [1.29, 1.82) is 0 Å². The van der Waals surface area contributed by atoms with Gasteiger partial charge in [-0.05, 0) is 50.3 Å². The van der Waals surface area contributed by atoms with Crippen molar-refractivity contribution < 1.29 is 4.79 Å². The lowest BCUT2D eigenvalue weighted by molar-refractivity contribution is 0.0758. The molecule has 0 aromatic heterocycles. The highest BCUT2D eigenvalue weighted by atomic mass is 16.2. The summed E-state index contributed by atoms with van der Waals surface area (Å²) in [6.45, 7) is 5.61. The number of nitrogens with zero attached hydrogens (tertiary/aromatic N) is 1. The predicted molar refractivity (Wildman–Crippen MR) is 73.3 cm³/mol. The zero-order valence-corrected chi connectivity index (χ0v) is 11.1. The summed E-state index contributed by atoms with van der Waals surface area (Å²) in [6.07, 6.45) is 2.50. The highest BCUT2D eigenvalue weighted by Crippen LogP contribution is 2.30. The smallest absolute Gasteiger partial charge is 0.256 e. The molecule has 3 N–H and O–H groups in total. The number of nitrogen functional groups attached to an aromatic ring is 1. The molecule has 1 aliphatic carbocycles. The second-order valence-electron chi connectivity index (χ2n) is 4.98. The molecular weight excluding hydrogens is 226 g/mol. The quantitative estimate of drug-likeness (QED) is 0.619. The van der Waals surface area contributed by atoms with Crippen LogP contribution in [0.15, 0.2) is 18.2 Å². The largest absolute Gasteiger partial charge is 0.339 e. The van der Waals surface area contributed by atoms with E-state index < -0.39 is 0 Å². The van der Waals surface area contributed by atoms with Crippen LogP contribution in [0.1, 0.15) is 35.7 Å². The summed E-state index contributed by atoms with van der Waals surface area (Å²) in [5.41, 5.74) is 5.07. The van der Waals surface area contributed by atoms with E-state index in [1.165, 1.54) is 12.8 Å². The molecule has 98 valence electrons. The van der Waals surface area contributed by atoms with Gasteiger partial charge in [0.15, 0.2) is 0 Å². The maximum Gasteiger partial charge on any atom is 0.256 e. The number of carbonyl (C=O) groups is 1. The molecule has 1 fully saturated rings. The van der Waals surface area contributed by atoms with E-state index in [0.29, 0.717) is 17.2 Å². The molecule has 4 heteroatoms. The number of hydrogen-bond acceptors (Lipinski definition) is 3. The van der Waals surface area contributed by atoms with Gasteiger partial charge in [0.1, 0.15) is 0 Å². The number of hydrazine groups is 1. The van der Waals surface area contributed by atoms with Gasteiger partial charge in [0.2, 0.25) is 0 Å². The molecule has 1 amide bonds. The summed E-state index contributed by atoms with van der Waals surface area (Å²) in [4.78, 5) is 14.4. The number of nitrogens with two attached hydrogens (primary N) is 1. The van der Waals surface area contributed by atoms with Gasteiger partial charge in [-0.2, -0.15) is 0 Å². The van der Waals surface area contributed by atoms with Crippen LogP contribution in [-0.2, 0) is 0 Å². The number of aryl methyl sites for hydroxylation is 1. The minimum absolute atomic E-state index is 0.0670. The standard InChI is InChI=1S/C14H21N3O/c1-3-17(9-11-5-6-11)14(18)12-7-4-10(2)8-13(12)16-15/h4,7-8,11,16H,3,5-6,9,15H2,1-2H3. The zero-order valence-electron chi connectivity index (χ0n) is 11.1. The maximum absolute atomic E-state index is 12.5. The second kappa shape index (κ2) is 5.40. The van der Waals surface area contributed by atoms with Gasteiger partial charge in [-0.25, -0.2) is 0 Å². The summed E-state index contributed by atoms with van der Waals surface area (Å²) in [6, 6.07) is 5.69. The molecule has 1 aromatic carbocycles. The Morgan fingerprint density at radius 2 is 2.22 bits per heavy atom. The average molecular weight is 247 g/mol. The maximum atomic E-state index is 12.5. The Morgan fingerprint density at radius 3 is 2.78 bits per heavy atom. The third-order valence-corrected chi connectivity index (χ3v) is 3.41. The Balaban J connectivity index is 2.19. The van der Waals surface area contributed by atoms with Gasteiger partial charge in [-0.1, -0.05) is 6.07 Å². The second-order valence-corrected chi connectivity index (χ2v) is 4.98. The minimum atomic E-state index is 0.0670. The van der Waals surface area contributed by atoms with Crippen LogP contribution in [0.3, 0.4) is 0 Å². The zero-order chi connectivity index (χ0) is 13.1. The molecule has 2 rings (SSSR count). The fourth-order valence-electron chi connectivity index (χ4n) is 2.10. The summed E-state index contributed by atoms with van der Waals surface area (Å²) in [7, 11) is 0. The van der Waals surface area contributed by atoms with Gasteiger partial charge >= 0.3 is 0 Å². The van der Waals surface area contributed by atoms with E-state index in [9.17, 15) is 4.79 Å². The highest BCUT2D eigenvalue weighted by molar-refractivity contribution is 5.99. The molecule has 18 heavy (non-hydrogen) atoms. The molecule has 4 nitrogen and oxygen atoms in total. The molecule has 1 saturated carbocycles. The summed E-state index contributed by atoms with van der Waals surface area (Å²) >= 11 is 0. The first-order valence-corrected chi connectivity index (χ1v) is 6.52. The first kappa shape index (κ1) is 12.9. The lowest BCUT2D eigenvalue weighted by atomic mass is 10.1. The molecule has 1 aromatic rings. The van der Waals surface area contributed by atoms with E-state index in [-0.39, 0.29) is 5.91 Å². The Morgan fingerprint density at radius 1 is 1.50 bits per heavy atom. The monoisotopic (exact) mass is 247 g/mol. The molecule has 0 heterocycles. The molecule has 0 bridgehead atoms. The van der Waals surface area contributed by atoms with Crippen LogP contribution in [0.25, 0.3) is 0 Å². The van der Waals surface area contributed by atoms with Gasteiger partial charge in [-0.15, -0.1) is 0 Å². The van der Waals surface area contributed by atoms with E-state index in [1.807, 2.05) is 36.9 Å². The van der Waals surface area contributed by atoms with Crippen molar-refractivity contribution >= 4 is 11.6 Å². The van der Waals surface area contributed by atoms with Crippen molar-refractivity contribution in [1.82, 2.24) is 4.90 Å². The molecule has 0 spiro atoms. The van der Waals surface area contributed by atoms with E-state index in [0.717, 1.165) is 18.7 Å². The summed E-state index contributed by atoms with van der Waals surface area (Å²) in [5.74, 6) is 6.26. The van der Waals surface area contributed by atoms with E-state index in [2.05, 4.69) is 5.43 Å². The van der Waals surface area contributed by atoms with Crippen molar-refractivity contribution in [2.75, 3.05) is 18.5 Å². The average Bonchev–Trinajstić information content (AvgIpc) is 3.19. The number of rotatable bonds is 5. The van der Waals surface area contributed by atoms with Crippen molar-refractivity contribution in [2.24, 2.45) is 11.8 Å². The van der Waals surface area contributed by atoms with Crippen LogP contribution >= 0.6 is 0 Å². The SMILES string of the molecule is CCN(CC1CC1)C(=O)c1ccc(C)cc1NN. The van der Waals surface area contributed by atoms with Crippen LogP contribution < -0.4 is 11.3 Å². The fraction of sp³-hybridized carbons (Fsp3) is 0.500. The van der Waals surface area contributed by atoms with Gasteiger partial charge < -0.3 is 10.3 Å². The van der Waals surface area contributed by atoms with Gasteiger partial charge in [0.25, 0.3) is 5.91 Å². The molecule has 0 atom stereocenters. The Labute approximate surface area is 108 Å². The third-order valence-electron chi connectivity index (χ3n) is 3.41. The van der Waals surface area contributed by atoms with E-state index >= 15 is 0 Å². The topological polar surface area (TPSA) is 58.4 Å². The third kappa shape index (κ3) is 2.82. The number of amides is 1. The van der Waals surface area contributed by atoms with E-state index in [1.54, 1.807) is 0 Å². The van der Waals surface area contributed by atoms with Crippen molar-refractivity contribution in [2.45, 2.75) is 26.7 Å². The lowest BCUT2D eigenvalue weighted by Crippen LogP contribution is -2.33. The Kier molecular flexibility index (Phi) is 3.87. The molecule has 0 radical (unpaired) electrons. The van der Waals surface area contributed by atoms with Gasteiger partial charge in [0, 0.05) is 13.1 Å². The summed E-state index contributed by atoms with van der Waals surface area (Å²) in [5, 5.41) is 0. The number of anilines is 1. The highest BCUT2D eigenvalue weighted by Gasteiger charge is 2.27. The van der Waals surface area contributed by atoms with Crippen LogP contribution in [0.2, 0.25) is 0 Å². The first-order chi connectivity index (χ1) is 8.65. The van der Waals surface area contributed by atoms with Crippen LogP contribution in [0, 0.1) is 12.8 Å². The molecular formula is C14H21N3O. The lowest BCUT2D eigenvalue weighted by Gasteiger charge is -2.22. The normalized spacial score (nSPS) is 14.4. The first-order valence-electron chi connectivity index (χ1n) is 6.52. The minimum Gasteiger partial charge on any atom is -0.339 e. The fourth-order valence-corrected chi connectivity index (χ4v) is 2.10. The van der Waals surface area contributed by atoms with Crippen molar-refractivity contribution in [3.8, 4) is 0 Å². The van der Waals surface area contributed by atoms with Crippen LogP contribution in [0.4, 0.5) is 5.69 Å². The Bertz CT molecular complexity index is 441. The number of carbonyl (C=O) groups excluding carboxylic acids is 1. The van der Waals surface area contributed by atoms with Gasteiger partial charge in [0.05, 0.1) is 11.3 Å². The molecule has 0 unspecified atom stereocenters. The summed E-state index contributed by atoms with van der Waals surface area (Å²) < 4.78 is 0. The van der Waals surface area contributed by atoms with E-state index in [4.69, 9.17) is 5.84 Å². The van der Waals surface area contributed by atoms with Crippen LogP contribution in [0.5, 0.6) is 0 Å². The number of hydrogen-bond donors (Lipinski definition) is 2. The molecule has 0 aliphatic heterocycles. The Hall–Kier alpha value is -1.55.